The topological polar surface area (TPSA) is 63.2 Å². The number of fused-ring (bicyclic) bond motifs is 1. The van der Waals surface area contributed by atoms with Crippen LogP contribution in [-0.2, 0) is 12.8 Å². The van der Waals surface area contributed by atoms with E-state index in [4.69, 9.17) is 10.00 Å². The van der Waals surface area contributed by atoms with Gasteiger partial charge in [-0.2, -0.15) is 5.26 Å². The quantitative estimate of drug-likeness (QED) is 0.735. The number of methoxy groups -OCH3 is 1. The van der Waals surface area contributed by atoms with Gasteiger partial charge in [0.25, 0.3) is 0 Å². The van der Waals surface area contributed by atoms with Crippen LogP contribution in [0.4, 0.5) is 0 Å². The molecule has 0 spiro atoms. The summed E-state index contributed by atoms with van der Waals surface area (Å²) in [5.41, 5.74) is 2.58. The maximum absolute atomic E-state index is 8.97. The minimum absolute atomic E-state index is 0.605. The number of hydrogen-bond acceptors (Lipinski definition) is 4. The fraction of sp³-hybridized carbons (Fsp3) is 0.188. The molecular weight excluding hydrogens is 264 g/mol. The molecule has 0 saturated carbocycles. The van der Waals surface area contributed by atoms with Gasteiger partial charge in [-0.3, -0.25) is 4.40 Å². The minimum atomic E-state index is 0.605. The van der Waals surface area contributed by atoms with Crippen LogP contribution in [0.2, 0.25) is 0 Å². The summed E-state index contributed by atoms with van der Waals surface area (Å²) >= 11 is 0. The fourth-order valence-corrected chi connectivity index (χ4v) is 2.22. The molecule has 5 nitrogen and oxygen atoms in total. The van der Waals surface area contributed by atoms with Crippen LogP contribution in [0.15, 0.2) is 42.6 Å². The van der Waals surface area contributed by atoms with Gasteiger partial charge in [0.2, 0.25) is 0 Å². The number of rotatable bonds is 4. The van der Waals surface area contributed by atoms with Gasteiger partial charge in [0, 0.05) is 12.6 Å². The molecule has 5 heteroatoms. The molecule has 104 valence electrons. The molecule has 0 atom stereocenters. The van der Waals surface area contributed by atoms with Crippen LogP contribution in [0, 0.1) is 11.3 Å². The zero-order valence-electron chi connectivity index (χ0n) is 11.7. The van der Waals surface area contributed by atoms with Gasteiger partial charge in [0.15, 0.2) is 5.65 Å². The van der Waals surface area contributed by atoms with Crippen molar-refractivity contribution < 1.29 is 4.74 Å². The fourth-order valence-electron chi connectivity index (χ4n) is 2.22. The number of aryl methyl sites for hydroxylation is 2. The lowest BCUT2D eigenvalue weighted by molar-refractivity contribution is 0.414. The van der Waals surface area contributed by atoms with Gasteiger partial charge >= 0.3 is 0 Å². The molecule has 21 heavy (non-hydrogen) atoms. The molecule has 3 aromatic rings. The lowest BCUT2D eigenvalue weighted by Crippen LogP contribution is -1.98. The van der Waals surface area contributed by atoms with Crippen LogP contribution in [0.1, 0.15) is 17.0 Å². The number of nitrogens with zero attached hydrogens (tertiary/aromatic N) is 4. The van der Waals surface area contributed by atoms with Crippen molar-refractivity contribution in [2.24, 2.45) is 0 Å². The van der Waals surface area contributed by atoms with Gasteiger partial charge in [-0.25, -0.2) is 0 Å². The lowest BCUT2D eigenvalue weighted by Gasteiger charge is -2.03. The van der Waals surface area contributed by atoms with E-state index in [-0.39, 0.29) is 0 Å². The number of pyridine rings is 1. The Balaban J connectivity index is 1.79. The molecule has 0 saturated heterocycles. The number of hydrogen-bond donors (Lipinski definition) is 0. The summed E-state index contributed by atoms with van der Waals surface area (Å²) in [4.78, 5) is 0. The molecular formula is C16H14N4O. The molecule has 0 fully saturated rings. The highest BCUT2D eigenvalue weighted by atomic mass is 16.5. The molecule has 3 rings (SSSR count). The Morgan fingerprint density at radius 2 is 1.90 bits per heavy atom. The van der Waals surface area contributed by atoms with Crippen molar-refractivity contribution in [1.29, 1.82) is 5.26 Å². The highest BCUT2D eigenvalue weighted by molar-refractivity contribution is 5.42. The van der Waals surface area contributed by atoms with Crippen LogP contribution in [0.25, 0.3) is 5.65 Å². The van der Waals surface area contributed by atoms with E-state index in [2.05, 4.69) is 16.3 Å². The second-order valence-electron chi connectivity index (χ2n) is 4.72. The van der Waals surface area contributed by atoms with E-state index < -0.39 is 0 Å². The molecule has 0 N–H and O–H groups in total. The third kappa shape index (κ3) is 2.70. The maximum atomic E-state index is 8.97. The van der Waals surface area contributed by atoms with Gasteiger partial charge < -0.3 is 4.74 Å². The first-order valence-corrected chi connectivity index (χ1v) is 6.67. The van der Waals surface area contributed by atoms with E-state index in [0.717, 1.165) is 30.1 Å². The van der Waals surface area contributed by atoms with Crippen LogP contribution in [0.5, 0.6) is 5.75 Å². The zero-order chi connectivity index (χ0) is 14.7. The summed E-state index contributed by atoms with van der Waals surface area (Å²) in [5, 5.41) is 17.3. The van der Waals surface area contributed by atoms with E-state index in [1.165, 1.54) is 5.56 Å². The van der Waals surface area contributed by atoms with Crippen molar-refractivity contribution in [1.82, 2.24) is 14.6 Å². The Labute approximate surface area is 122 Å². The molecule has 0 aliphatic rings. The van der Waals surface area contributed by atoms with E-state index in [1.54, 1.807) is 19.4 Å². The maximum Gasteiger partial charge on any atom is 0.160 e. The van der Waals surface area contributed by atoms with E-state index in [1.807, 2.05) is 34.7 Å². The lowest BCUT2D eigenvalue weighted by atomic mass is 10.1. The first-order chi connectivity index (χ1) is 10.3. The highest BCUT2D eigenvalue weighted by Gasteiger charge is 2.06. The zero-order valence-corrected chi connectivity index (χ0v) is 11.7. The average molecular weight is 278 g/mol. The smallest absolute Gasteiger partial charge is 0.160 e. The van der Waals surface area contributed by atoms with Crippen molar-refractivity contribution in [2.75, 3.05) is 7.11 Å². The van der Waals surface area contributed by atoms with Crippen molar-refractivity contribution in [3.63, 3.8) is 0 Å². The van der Waals surface area contributed by atoms with Gasteiger partial charge in [-0.1, -0.05) is 12.1 Å². The largest absolute Gasteiger partial charge is 0.497 e. The Morgan fingerprint density at radius 1 is 1.10 bits per heavy atom. The van der Waals surface area contributed by atoms with Crippen molar-refractivity contribution in [3.05, 3.63) is 59.5 Å². The summed E-state index contributed by atoms with van der Waals surface area (Å²) < 4.78 is 7.02. The first-order valence-electron chi connectivity index (χ1n) is 6.67. The summed E-state index contributed by atoms with van der Waals surface area (Å²) in [6.07, 6.45) is 3.41. The summed E-state index contributed by atoms with van der Waals surface area (Å²) in [6, 6.07) is 13.7. The average Bonchev–Trinajstić information content (AvgIpc) is 2.95. The van der Waals surface area contributed by atoms with E-state index in [9.17, 15) is 0 Å². The Kier molecular flexibility index (Phi) is 3.52. The van der Waals surface area contributed by atoms with Crippen LogP contribution >= 0.6 is 0 Å². The molecule has 1 aromatic carbocycles. The molecule has 0 aliphatic carbocycles. The predicted molar refractivity (Wildman–Crippen MR) is 78.1 cm³/mol. The van der Waals surface area contributed by atoms with E-state index >= 15 is 0 Å². The van der Waals surface area contributed by atoms with Gasteiger partial charge in [-0.05, 0) is 36.2 Å². The number of aromatic nitrogens is 3. The molecule has 0 bridgehead atoms. The molecule has 0 unspecified atom stereocenters. The summed E-state index contributed by atoms with van der Waals surface area (Å²) in [7, 11) is 1.66. The van der Waals surface area contributed by atoms with Gasteiger partial charge in [0.05, 0.1) is 12.7 Å². The van der Waals surface area contributed by atoms with E-state index in [0.29, 0.717) is 5.56 Å². The highest BCUT2D eigenvalue weighted by Crippen LogP contribution is 2.14. The molecule has 2 heterocycles. The summed E-state index contributed by atoms with van der Waals surface area (Å²) in [6.45, 7) is 0. The monoisotopic (exact) mass is 278 g/mol. The first kappa shape index (κ1) is 13.1. The number of nitriles is 1. The van der Waals surface area contributed by atoms with Gasteiger partial charge in [0.1, 0.15) is 17.6 Å². The standard InChI is InChI=1S/C16H14N4O/c1-21-14-6-2-12(3-7-14)4-8-15-18-19-16-9-5-13(10-17)11-20(15)16/h2-3,5-7,9,11H,4,8H2,1H3. The number of ether oxygens (including phenoxy) is 1. The second kappa shape index (κ2) is 5.63. The third-order valence-electron chi connectivity index (χ3n) is 3.40. The molecule has 0 radical (unpaired) electrons. The SMILES string of the molecule is COc1ccc(CCc2nnc3ccc(C#N)cn23)cc1. The molecule has 0 amide bonds. The Hall–Kier alpha value is -2.87. The third-order valence-corrected chi connectivity index (χ3v) is 3.40. The van der Waals surface area contributed by atoms with Crippen molar-refractivity contribution >= 4 is 5.65 Å². The second-order valence-corrected chi connectivity index (χ2v) is 4.72. The van der Waals surface area contributed by atoms with Crippen molar-refractivity contribution in [3.8, 4) is 11.8 Å². The predicted octanol–water partition coefficient (Wildman–Crippen LogP) is 2.39. The normalized spacial score (nSPS) is 10.5. The molecule has 0 aliphatic heterocycles. The van der Waals surface area contributed by atoms with Crippen LogP contribution in [0.3, 0.4) is 0 Å². The Bertz CT molecular complexity index is 799. The molecule has 2 aromatic heterocycles. The minimum Gasteiger partial charge on any atom is -0.497 e. The number of benzene rings is 1. The van der Waals surface area contributed by atoms with Crippen LogP contribution in [-0.4, -0.2) is 21.7 Å². The van der Waals surface area contributed by atoms with Gasteiger partial charge in [-0.15, -0.1) is 10.2 Å². The van der Waals surface area contributed by atoms with Crippen LogP contribution < -0.4 is 4.74 Å². The van der Waals surface area contributed by atoms with Crippen molar-refractivity contribution in [2.45, 2.75) is 12.8 Å². The Morgan fingerprint density at radius 3 is 2.62 bits per heavy atom. The summed E-state index contributed by atoms with van der Waals surface area (Å²) in [5.74, 6) is 1.71.